The van der Waals surface area contributed by atoms with Crippen molar-refractivity contribution in [2.24, 2.45) is 0 Å². The van der Waals surface area contributed by atoms with E-state index in [9.17, 15) is 4.79 Å². The van der Waals surface area contributed by atoms with Gasteiger partial charge in [-0.25, -0.2) is 0 Å². The molecule has 3 aromatic rings. The fourth-order valence-corrected chi connectivity index (χ4v) is 3.36. The molecule has 2 aliphatic heterocycles. The predicted octanol–water partition coefficient (Wildman–Crippen LogP) is 5.57. The van der Waals surface area contributed by atoms with Crippen molar-refractivity contribution in [2.75, 3.05) is 26.9 Å². The summed E-state index contributed by atoms with van der Waals surface area (Å²) in [6.45, 7) is 8.48. The molecule has 36 heavy (non-hydrogen) atoms. The van der Waals surface area contributed by atoms with Crippen molar-refractivity contribution in [1.29, 1.82) is 0 Å². The molecule has 8 nitrogen and oxygen atoms in total. The van der Waals surface area contributed by atoms with Crippen LogP contribution in [0.15, 0.2) is 88.7 Å². The Labute approximate surface area is 208 Å². The maximum absolute atomic E-state index is 13.0. The van der Waals surface area contributed by atoms with Gasteiger partial charge in [0.25, 0.3) is 0 Å². The van der Waals surface area contributed by atoms with Crippen LogP contribution in [0.25, 0.3) is 22.3 Å². The molecule has 3 heterocycles. The molecule has 2 aromatic carbocycles. The van der Waals surface area contributed by atoms with E-state index in [0.717, 1.165) is 12.2 Å². The first-order chi connectivity index (χ1) is 17.4. The molecule has 0 N–H and O–H groups in total. The van der Waals surface area contributed by atoms with E-state index in [4.69, 9.17) is 28.1 Å². The second kappa shape index (κ2) is 10.9. The van der Waals surface area contributed by atoms with Crippen molar-refractivity contribution in [3.8, 4) is 28.6 Å². The smallest absolute Gasteiger partial charge is 0.244 e. The Balaban J connectivity index is 0.000000692. The van der Waals surface area contributed by atoms with Crippen molar-refractivity contribution >= 4 is 11.0 Å². The molecule has 0 aliphatic carbocycles. The van der Waals surface area contributed by atoms with Gasteiger partial charge in [-0.3, -0.25) is 4.79 Å². The van der Waals surface area contributed by atoms with Crippen LogP contribution in [0.4, 0.5) is 0 Å². The van der Waals surface area contributed by atoms with E-state index in [1.807, 2.05) is 32.1 Å². The van der Waals surface area contributed by atoms with E-state index in [0.29, 0.717) is 39.7 Å². The second-order valence-corrected chi connectivity index (χ2v) is 8.30. The van der Waals surface area contributed by atoms with Gasteiger partial charge in [0.2, 0.25) is 5.79 Å². The lowest BCUT2D eigenvalue weighted by atomic mass is 10.1. The van der Waals surface area contributed by atoms with Gasteiger partial charge in [-0.15, -0.1) is 0 Å². The van der Waals surface area contributed by atoms with Crippen molar-refractivity contribution in [2.45, 2.75) is 19.6 Å². The van der Waals surface area contributed by atoms with Crippen LogP contribution in [0.3, 0.4) is 0 Å². The van der Waals surface area contributed by atoms with Gasteiger partial charge in [-0.2, -0.15) is 0 Å². The largest absolute Gasteiger partial charge is 0.497 e. The van der Waals surface area contributed by atoms with Crippen LogP contribution in [0.1, 0.15) is 13.8 Å². The fraction of sp³-hybridized carbons (Fsp3) is 0.250. The molecule has 0 unspecified atom stereocenters. The molecule has 0 saturated heterocycles. The van der Waals surface area contributed by atoms with Crippen molar-refractivity contribution in [3.63, 3.8) is 0 Å². The molecular weight excluding hydrogens is 464 g/mol. The number of ether oxygens (including phenoxy) is 6. The maximum atomic E-state index is 13.0. The number of hydrogen-bond acceptors (Lipinski definition) is 8. The van der Waals surface area contributed by atoms with Gasteiger partial charge in [-0.05, 0) is 30.3 Å². The quantitative estimate of drug-likeness (QED) is 0.378. The van der Waals surface area contributed by atoms with E-state index < -0.39 is 5.79 Å². The molecular formula is C28H28O8. The van der Waals surface area contributed by atoms with Crippen LogP contribution >= 0.6 is 0 Å². The lowest BCUT2D eigenvalue weighted by Crippen LogP contribution is -2.21. The lowest BCUT2D eigenvalue weighted by Gasteiger charge is -2.18. The van der Waals surface area contributed by atoms with Crippen molar-refractivity contribution in [1.82, 2.24) is 0 Å². The Kier molecular flexibility index (Phi) is 7.53. The van der Waals surface area contributed by atoms with Crippen LogP contribution in [-0.2, 0) is 14.2 Å². The van der Waals surface area contributed by atoms with Crippen LogP contribution in [0, 0.1) is 0 Å². The van der Waals surface area contributed by atoms with Crippen molar-refractivity contribution < 1.29 is 32.8 Å². The van der Waals surface area contributed by atoms with Gasteiger partial charge >= 0.3 is 0 Å². The standard InChI is InChI=1S/C25H24O7.C3H4O/c1-5-10-28-22-11-18(29-14-19-15-30-25(2,3)32-19)12-23-24(22)20(26)13-21(31-23)16-6-8-17(27-4)9-7-16;1-2-4-3-1/h5-9,11-13,15H,1,10,14H2,2-4H3;1-2H,3H2. The Bertz CT molecular complexity index is 1330. The normalized spacial score (nSPS) is 14.7. The zero-order valence-electron chi connectivity index (χ0n) is 20.4. The summed E-state index contributed by atoms with van der Waals surface area (Å²) in [6, 6.07) is 12.0. The molecule has 5 rings (SSSR count). The number of benzene rings is 2. The van der Waals surface area contributed by atoms with Crippen LogP contribution in [0.5, 0.6) is 17.2 Å². The molecule has 0 fully saturated rings. The third-order valence-corrected chi connectivity index (χ3v) is 5.12. The molecule has 0 saturated carbocycles. The zero-order valence-corrected chi connectivity index (χ0v) is 20.4. The highest BCUT2D eigenvalue weighted by Gasteiger charge is 2.27. The van der Waals surface area contributed by atoms with E-state index in [-0.39, 0.29) is 18.6 Å². The monoisotopic (exact) mass is 492 g/mol. The van der Waals surface area contributed by atoms with Crippen molar-refractivity contribution in [3.05, 3.63) is 89.7 Å². The first-order valence-electron chi connectivity index (χ1n) is 11.3. The van der Waals surface area contributed by atoms with Gasteiger partial charge in [0.05, 0.1) is 13.4 Å². The summed E-state index contributed by atoms with van der Waals surface area (Å²) in [5.74, 6) is 1.78. The Morgan fingerprint density at radius 1 is 1.08 bits per heavy atom. The summed E-state index contributed by atoms with van der Waals surface area (Å²) in [4.78, 5) is 13.0. The Morgan fingerprint density at radius 2 is 1.81 bits per heavy atom. The molecule has 0 radical (unpaired) electrons. The molecule has 0 bridgehead atoms. The molecule has 1 aromatic heterocycles. The van der Waals surface area contributed by atoms with Gasteiger partial charge in [0, 0.05) is 37.6 Å². The lowest BCUT2D eigenvalue weighted by molar-refractivity contribution is -0.119. The summed E-state index contributed by atoms with van der Waals surface area (Å²) in [6.07, 6.45) is 6.77. The number of rotatable bonds is 8. The molecule has 0 amide bonds. The summed E-state index contributed by atoms with van der Waals surface area (Å²) in [5.41, 5.74) is 0.867. The van der Waals surface area contributed by atoms with Gasteiger partial charge in [0.1, 0.15) is 60.1 Å². The minimum atomic E-state index is -0.722. The van der Waals surface area contributed by atoms with Crippen LogP contribution in [0.2, 0.25) is 0 Å². The maximum Gasteiger partial charge on any atom is 0.244 e. The number of methoxy groups -OCH3 is 1. The molecule has 8 heteroatoms. The SMILES string of the molecule is C1=COC1.C=CCOc1cc(OCC2=COC(C)(C)O2)cc2oc(-c3ccc(OC)cc3)cc(=O)c12. The molecule has 2 aliphatic rings. The Hall–Kier alpha value is -4.33. The molecule has 0 spiro atoms. The van der Waals surface area contributed by atoms with Gasteiger partial charge in [0.15, 0.2) is 11.2 Å². The summed E-state index contributed by atoms with van der Waals surface area (Å²) in [5, 5.41) is 0.331. The highest BCUT2D eigenvalue weighted by molar-refractivity contribution is 5.86. The minimum Gasteiger partial charge on any atom is -0.497 e. The summed E-state index contributed by atoms with van der Waals surface area (Å²) < 4.78 is 38.5. The predicted molar refractivity (Wildman–Crippen MR) is 135 cm³/mol. The van der Waals surface area contributed by atoms with E-state index in [2.05, 4.69) is 11.3 Å². The zero-order chi connectivity index (χ0) is 25.5. The average molecular weight is 493 g/mol. The molecule has 0 atom stereocenters. The van der Waals surface area contributed by atoms with Gasteiger partial charge < -0.3 is 32.8 Å². The minimum absolute atomic E-state index is 0.151. The first-order valence-corrected chi connectivity index (χ1v) is 11.3. The Morgan fingerprint density at radius 3 is 2.39 bits per heavy atom. The van der Waals surface area contributed by atoms with Crippen LogP contribution in [-0.4, -0.2) is 32.7 Å². The summed E-state index contributed by atoms with van der Waals surface area (Å²) >= 11 is 0. The van der Waals surface area contributed by atoms with Gasteiger partial charge in [-0.1, -0.05) is 12.7 Å². The number of fused-ring (bicyclic) bond motifs is 1. The first kappa shape index (κ1) is 24.8. The van der Waals surface area contributed by atoms with E-state index >= 15 is 0 Å². The molecule has 188 valence electrons. The van der Waals surface area contributed by atoms with Crippen LogP contribution < -0.4 is 19.6 Å². The highest BCUT2D eigenvalue weighted by Crippen LogP contribution is 2.33. The third kappa shape index (κ3) is 6.02. The topological polar surface area (TPSA) is 85.6 Å². The number of hydrogen-bond donors (Lipinski definition) is 0. The second-order valence-electron chi connectivity index (χ2n) is 8.30. The third-order valence-electron chi connectivity index (χ3n) is 5.12. The fourth-order valence-electron chi connectivity index (χ4n) is 3.36. The highest BCUT2D eigenvalue weighted by atomic mass is 16.7. The van der Waals surface area contributed by atoms with E-state index in [1.165, 1.54) is 12.3 Å². The van der Waals surface area contributed by atoms with E-state index in [1.54, 1.807) is 43.7 Å². The summed E-state index contributed by atoms with van der Waals surface area (Å²) in [7, 11) is 1.59. The average Bonchev–Trinajstić information content (AvgIpc) is 3.18.